The van der Waals surface area contributed by atoms with Crippen molar-refractivity contribution in [1.82, 2.24) is 20.2 Å². The predicted molar refractivity (Wildman–Crippen MR) is 165 cm³/mol. The van der Waals surface area contributed by atoms with E-state index in [1.54, 1.807) is 11.8 Å². The summed E-state index contributed by atoms with van der Waals surface area (Å²) in [7, 11) is 2.00. The fraction of sp³-hybridized carbons (Fsp3) is 0.529. The monoisotopic (exact) mass is 602 g/mol. The molecule has 3 atom stereocenters. The van der Waals surface area contributed by atoms with Crippen molar-refractivity contribution in [1.29, 1.82) is 0 Å². The molecule has 8 nitrogen and oxygen atoms in total. The van der Waals surface area contributed by atoms with Crippen LogP contribution in [0.15, 0.2) is 66.1 Å². The Bertz CT molecular complexity index is 1370. The summed E-state index contributed by atoms with van der Waals surface area (Å²) in [6, 6.07) is 16.1. The lowest BCUT2D eigenvalue weighted by atomic mass is 9.53. The first kappa shape index (κ1) is 28.9. The molecule has 5 aliphatic rings. The van der Waals surface area contributed by atoms with Crippen LogP contribution in [0.5, 0.6) is 0 Å². The second-order valence-corrected chi connectivity index (χ2v) is 14.2. The Labute approximate surface area is 258 Å². The number of imidazole rings is 1. The van der Waals surface area contributed by atoms with Gasteiger partial charge in [0, 0.05) is 49.3 Å². The molecule has 2 amide bonds. The highest BCUT2D eigenvalue weighted by Crippen LogP contribution is 2.55. The molecule has 43 heavy (non-hydrogen) atoms. The Balaban J connectivity index is 0.984. The van der Waals surface area contributed by atoms with Gasteiger partial charge in [-0.1, -0.05) is 60.3 Å². The van der Waals surface area contributed by atoms with Crippen molar-refractivity contribution in [3.63, 3.8) is 0 Å². The molecule has 3 N–H and O–H groups in total. The number of rotatable bonds is 9. The number of carbonyl (C=O) groups excluding carboxylic acids is 1. The third-order valence-electron chi connectivity index (χ3n) is 9.91. The van der Waals surface area contributed by atoms with Gasteiger partial charge in [-0.15, -0.1) is 0 Å². The van der Waals surface area contributed by atoms with Crippen molar-refractivity contribution < 1.29 is 19.4 Å². The van der Waals surface area contributed by atoms with E-state index in [1.165, 1.54) is 19.3 Å². The molecule has 3 aromatic rings. The normalized spacial score (nSPS) is 31.2. The number of aliphatic hydroxyl groups excluding tert-OH is 1. The van der Waals surface area contributed by atoms with Crippen LogP contribution in [0.4, 0.5) is 4.79 Å². The van der Waals surface area contributed by atoms with E-state index < -0.39 is 6.29 Å². The molecule has 2 heterocycles. The van der Waals surface area contributed by atoms with Crippen LogP contribution in [-0.2, 0) is 29.7 Å². The molecule has 0 spiro atoms. The van der Waals surface area contributed by atoms with Crippen molar-refractivity contribution in [2.45, 2.75) is 87.3 Å². The van der Waals surface area contributed by atoms with Gasteiger partial charge in [-0.3, -0.25) is 0 Å². The summed E-state index contributed by atoms with van der Waals surface area (Å²) < 4.78 is 15.0. The van der Waals surface area contributed by atoms with Crippen molar-refractivity contribution in [2.24, 2.45) is 24.8 Å². The van der Waals surface area contributed by atoms with Gasteiger partial charge in [-0.2, -0.15) is 0 Å². The number of hydrogen-bond donors (Lipinski definition) is 3. The van der Waals surface area contributed by atoms with Crippen LogP contribution in [0.25, 0.3) is 0 Å². The van der Waals surface area contributed by atoms with Crippen molar-refractivity contribution in [3.8, 4) is 0 Å². The standard InChI is InChI=1S/C34H42N4O4S/c1-38-11-10-35-33(38)43-21-29-15-30(27-6-4-23(20-39)5-7-27)42-31(41-29)28-8-2-22(3-9-28)19-36-32(40)37-34-16-24-12-25(17-34)14-26(13-24)18-34/h2-11,24-26,29-31,39H,12-21H2,1H3,(H2,36,37,40)/t24?,25?,26?,29-,30+,31+,34?/m1/s1. The van der Waals surface area contributed by atoms with E-state index in [2.05, 4.69) is 15.6 Å². The predicted octanol–water partition coefficient (Wildman–Crippen LogP) is 6.02. The molecule has 228 valence electrons. The lowest BCUT2D eigenvalue weighted by Gasteiger charge is -2.56. The smallest absolute Gasteiger partial charge is 0.315 e. The molecule has 4 saturated carbocycles. The number of ether oxygens (including phenoxy) is 2. The number of aryl methyl sites for hydroxylation is 1. The number of benzene rings is 2. The third kappa shape index (κ3) is 6.50. The van der Waals surface area contributed by atoms with Crippen LogP contribution in [-0.4, -0.2) is 38.1 Å². The molecule has 0 radical (unpaired) electrons. The number of urea groups is 1. The number of aromatic nitrogens is 2. The van der Waals surface area contributed by atoms with Gasteiger partial charge in [0.1, 0.15) is 0 Å². The minimum atomic E-state index is -0.510. The topological polar surface area (TPSA) is 97.6 Å². The second-order valence-electron chi connectivity index (χ2n) is 13.2. The third-order valence-corrected chi connectivity index (χ3v) is 11.1. The SMILES string of the molecule is Cn1ccnc1SC[C@H]1C[C@@H](c2ccc(CO)cc2)O[C@@H](c2ccc(CNC(=O)NC34CC5CC(CC(C5)C3)C4)cc2)O1. The second kappa shape index (κ2) is 12.3. The number of nitrogens with one attached hydrogen (secondary N) is 2. The highest BCUT2D eigenvalue weighted by molar-refractivity contribution is 7.99. The van der Waals surface area contributed by atoms with E-state index in [4.69, 9.17) is 9.47 Å². The summed E-state index contributed by atoms with van der Waals surface area (Å²) in [4.78, 5) is 17.4. The van der Waals surface area contributed by atoms with Crippen LogP contribution in [0.1, 0.15) is 79.6 Å². The van der Waals surface area contributed by atoms with Crippen LogP contribution in [0, 0.1) is 17.8 Å². The molecule has 8 rings (SSSR count). The van der Waals surface area contributed by atoms with Gasteiger partial charge >= 0.3 is 6.03 Å². The first-order valence-electron chi connectivity index (χ1n) is 15.7. The van der Waals surface area contributed by atoms with Gasteiger partial charge in [0.05, 0.1) is 18.8 Å². The summed E-state index contributed by atoms with van der Waals surface area (Å²) >= 11 is 1.68. The van der Waals surface area contributed by atoms with Gasteiger partial charge in [-0.05, 0) is 73.0 Å². The zero-order chi connectivity index (χ0) is 29.4. The molecule has 4 aliphatic carbocycles. The van der Waals surface area contributed by atoms with Gasteiger partial charge in [-0.25, -0.2) is 9.78 Å². The Morgan fingerprint density at radius 2 is 1.60 bits per heavy atom. The zero-order valence-electron chi connectivity index (χ0n) is 24.8. The summed E-state index contributed by atoms with van der Waals surface area (Å²) in [5.74, 6) is 3.17. The number of hydrogen-bond acceptors (Lipinski definition) is 6. The largest absolute Gasteiger partial charge is 0.392 e. The van der Waals surface area contributed by atoms with Crippen molar-refractivity contribution in [3.05, 3.63) is 83.2 Å². The molecular formula is C34H42N4O4S. The summed E-state index contributed by atoms with van der Waals surface area (Å²) in [6.07, 6.45) is 11.4. The molecule has 0 unspecified atom stereocenters. The summed E-state index contributed by atoms with van der Waals surface area (Å²) in [6.45, 7) is 0.499. The van der Waals surface area contributed by atoms with E-state index >= 15 is 0 Å². The molecule has 5 fully saturated rings. The Hall–Kier alpha value is -2.85. The number of amides is 2. The van der Waals surface area contributed by atoms with E-state index in [9.17, 15) is 9.90 Å². The molecule has 2 aromatic carbocycles. The first-order chi connectivity index (χ1) is 20.9. The maximum atomic E-state index is 12.9. The van der Waals surface area contributed by atoms with Crippen LogP contribution < -0.4 is 10.6 Å². The van der Waals surface area contributed by atoms with Gasteiger partial charge in [0.2, 0.25) is 0 Å². The Morgan fingerprint density at radius 1 is 0.953 bits per heavy atom. The number of carbonyl (C=O) groups is 1. The minimum absolute atomic E-state index is 0.0123. The molecule has 1 aromatic heterocycles. The maximum absolute atomic E-state index is 12.9. The molecule has 1 aliphatic heterocycles. The molecule has 4 bridgehead atoms. The fourth-order valence-corrected chi connectivity index (χ4v) is 9.15. The number of thioether (sulfide) groups is 1. The number of aliphatic hydroxyl groups is 1. The van der Waals surface area contributed by atoms with Crippen molar-refractivity contribution in [2.75, 3.05) is 5.75 Å². The lowest BCUT2D eigenvalue weighted by Crippen LogP contribution is -2.61. The van der Waals surface area contributed by atoms with Crippen LogP contribution >= 0.6 is 11.8 Å². The van der Waals surface area contributed by atoms with Crippen LogP contribution in [0.2, 0.25) is 0 Å². The van der Waals surface area contributed by atoms with Gasteiger partial charge in [0.25, 0.3) is 0 Å². The lowest BCUT2D eigenvalue weighted by molar-refractivity contribution is -0.245. The molecular weight excluding hydrogens is 560 g/mol. The van der Waals surface area contributed by atoms with Gasteiger partial charge in [0.15, 0.2) is 11.4 Å². The highest BCUT2D eigenvalue weighted by atomic mass is 32.2. The van der Waals surface area contributed by atoms with Crippen molar-refractivity contribution >= 4 is 17.8 Å². The average molecular weight is 603 g/mol. The van der Waals surface area contributed by atoms with Gasteiger partial charge < -0.3 is 29.8 Å². The summed E-state index contributed by atoms with van der Waals surface area (Å²) in [5, 5.41) is 16.9. The zero-order valence-corrected chi connectivity index (χ0v) is 25.6. The van der Waals surface area contributed by atoms with E-state index in [-0.39, 0.29) is 30.4 Å². The van der Waals surface area contributed by atoms with E-state index in [0.717, 1.165) is 76.6 Å². The molecule has 9 heteroatoms. The van der Waals surface area contributed by atoms with E-state index in [1.807, 2.05) is 72.5 Å². The average Bonchev–Trinajstić information content (AvgIpc) is 3.42. The summed E-state index contributed by atoms with van der Waals surface area (Å²) in [5.41, 5.74) is 3.95. The maximum Gasteiger partial charge on any atom is 0.315 e. The number of nitrogens with zero attached hydrogens (tertiary/aromatic N) is 2. The highest BCUT2D eigenvalue weighted by Gasteiger charge is 2.51. The quantitative estimate of drug-likeness (QED) is 0.259. The first-order valence-corrected chi connectivity index (χ1v) is 16.7. The minimum Gasteiger partial charge on any atom is -0.392 e. The molecule has 1 saturated heterocycles. The Kier molecular flexibility index (Phi) is 8.24. The fourth-order valence-electron chi connectivity index (χ4n) is 8.20. The Morgan fingerprint density at radius 3 is 2.23 bits per heavy atom. The van der Waals surface area contributed by atoms with E-state index in [0.29, 0.717) is 6.54 Å². The van der Waals surface area contributed by atoms with Crippen LogP contribution in [0.3, 0.4) is 0 Å².